The number of carbonyl (C=O) groups is 1. The minimum Gasteiger partial charge on any atom is -0.480 e. The first kappa shape index (κ1) is 23.3. The number of fused-ring (bicyclic) bond motifs is 1. The molecule has 0 aliphatic carbocycles. The topological polar surface area (TPSA) is 99.4 Å². The lowest BCUT2D eigenvalue weighted by atomic mass is 10.1. The molecule has 34 heavy (non-hydrogen) atoms. The highest BCUT2D eigenvalue weighted by molar-refractivity contribution is 7.22. The van der Waals surface area contributed by atoms with Crippen LogP contribution in [0.2, 0.25) is 0 Å². The summed E-state index contributed by atoms with van der Waals surface area (Å²) in [5, 5.41) is 3.13. The number of benzene rings is 2. The first-order valence-corrected chi connectivity index (χ1v) is 10.8. The summed E-state index contributed by atoms with van der Waals surface area (Å²) in [6.45, 7) is 1.56. The number of amides is 1. The highest BCUT2D eigenvalue weighted by atomic mass is 32.1. The van der Waals surface area contributed by atoms with Gasteiger partial charge in [-0.1, -0.05) is 35.6 Å². The number of alkyl halides is 3. The van der Waals surface area contributed by atoms with Crippen LogP contribution >= 0.6 is 11.3 Å². The molecule has 1 atom stereocenters. The number of nitrogens with two attached hydrogens (primary N) is 1. The number of methoxy groups -OCH3 is 1. The summed E-state index contributed by atoms with van der Waals surface area (Å²) in [4.78, 5) is 21.6. The fourth-order valence-electron chi connectivity index (χ4n) is 3.44. The van der Waals surface area contributed by atoms with Crippen molar-refractivity contribution < 1.29 is 27.4 Å². The Hall–Kier alpha value is -3.86. The SMILES string of the molecule is COc1nc(-c2ccc3nc(N)sc3c2)ccc1C(=O)NC(C)c1ccccc1OC(F)(F)F. The highest BCUT2D eigenvalue weighted by Crippen LogP contribution is 2.32. The number of hydrogen-bond donors (Lipinski definition) is 2. The summed E-state index contributed by atoms with van der Waals surface area (Å²) in [5.74, 6) is -0.871. The molecule has 0 aliphatic heterocycles. The Labute approximate surface area is 196 Å². The second kappa shape index (κ2) is 9.18. The maximum Gasteiger partial charge on any atom is 0.573 e. The van der Waals surface area contributed by atoms with Crippen molar-refractivity contribution in [3.05, 3.63) is 65.7 Å². The van der Waals surface area contributed by atoms with Gasteiger partial charge in [-0.05, 0) is 37.3 Å². The van der Waals surface area contributed by atoms with Crippen molar-refractivity contribution in [3.8, 4) is 22.9 Å². The summed E-state index contributed by atoms with van der Waals surface area (Å²) in [6, 6.07) is 13.6. The first-order valence-electron chi connectivity index (χ1n) is 10.0. The first-order chi connectivity index (χ1) is 16.1. The average molecular weight is 488 g/mol. The quantitative estimate of drug-likeness (QED) is 0.380. The molecule has 2 heterocycles. The molecule has 0 spiro atoms. The van der Waals surface area contributed by atoms with Crippen LogP contribution in [0.3, 0.4) is 0 Å². The molecule has 0 saturated carbocycles. The molecule has 4 rings (SSSR count). The van der Waals surface area contributed by atoms with Crippen molar-refractivity contribution in [3.63, 3.8) is 0 Å². The van der Waals surface area contributed by atoms with E-state index < -0.39 is 18.3 Å². The maximum absolute atomic E-state index is 12.9. The third-order valence-electron chi connectivity index (χ3n) is 4.96. The van der Waals surface area contributed by atoms with E-state index in [4.69, 9.17) is 10.5 Å². The Morgan fingerprint density at radius 1 is 1.12 bits per heavy atom. The predicted octanol–water partition coefficient (Wildman–Crippen LogP) is 5.34. The molecule has 1 unspecified atom stereocenters. The van der Waals surface area contributed by atoms with Crippen LogP contribution in [0.15, 0.2) is 54.6 Å². The minimum absolute atomic E-state index is 0.0749. The molecule has 2 aromatic heterocycles. The van der Waals surface area contributed by atoms with Crippen LogP contribution in [-0.4, -0.2) is 29.3 Å². The molecule has 4 aromatic rings. The van der Waals surface area contributed by atoms with Crippen LogP contribution in [0.25, 0.3) is 21.5 Å². The van der Waals surface area contributed by atoms with Crippen LogP contribution in [0.5, 0.6) is 11.6 Å². The van der Waals surface area contributed by atoms with Gasteiger partial charge in [0.05, 0.1) is 29.1 Å². The lowest BCUT2D eigenvalue weighted by molar-refractivity contribution is -0.275. The van der Waals surface area contributed by atoms with E-state index in [0.717, 1.165) is 15.8 Å². The van der Waals surface area contributed by atoms with Gasteiger partial charge in [-0.2, -0.15) is 0 Å². The summed E-state index contributed by atoms with van der Waals surface area (Å²) in [7, 11) is 1.38. The number of nitrogens with zero attached hydrogens (tertiary/aromatic N) is 2. The second-order valence-electron chi connectivity index (χ2n) is 7.27. The zero-order valence-corrected chi connectivity index (χ0v) is 18.8. The Kier molecular flexibility index (Phi) is 6.29. The monoisotopic (exact) mass is 488 g/mol. The van der Waals surface area contributed by atoms with E-state index in [0.29, 0.717) is 10.8 Å². The van der Waals surface area contributed by atoms with E-state index in [1.54, 1.807) is 25.1 Å². The Bertz CT molecular complexity index is 1360. The van der Waals surface area contributed by atoms with Crippen LogP contribution in [0.1, 0.15) is 28.9 Å². The number of pyridine rings is 1. The van der Waals surface area contributed by atoms with Crippen LogP contribution in [0, 0.1) is 0 Å². The van der Waals surface area contributed by atoms with Crippen molar-refractivity contribution in [1.29, 1.82) is 0 Å². The number of para-hydroxylation sites is 1. The van der Waals surface area contributed by atoms with E-state index in [-0.39, 0.29) is 22.8 Å². The van der Waals surface area contributed by atoms with Crippen molar-refractivity contribution in [2.45, 2.75) is 19.3 Å². The molecule has 0 radical (unpaired) electrons. The Balaban J connectivity index is 1.58. The number of ether oxygens (including phenoxy) is 2. The van der Waals surface area contributed by atoms with Gasteiger partial charge in [-0.15, -0.1) is 13.2 Å². The van der Waals surface area contributed by atoms with Gasteiger partial charge in [-0.3, -0.25) is 4.79 Å². The minimum atomic E-state index is -4.85. The van der Waals surface area contributed by atoms with Gasteiger partial charge in [0, 0.05) is 11.1 Å². The molecule has 176 valence electrons. The molecular formula is C23H19F3N4O3S. The zero-order valence-electron chi connectivity index (χ0n) is 18.0. The van der Waals surface area contributed by atoms with Gasteiger partial charge in [-0.25, -0.2) is 9.97 Å². The summed E-state index contributed by atoms with van der Waals surface area (Å²) in [5.41, 5.74) is 8.20. The van der Waals surface area contributed by atoms with Crippen molar-refractivity contribution in [1.82, 2.24) is 15.3 Å². The molecule has 7 nitrogen and oxygen atoms in total. The van der Waals surface area contributed by atoms with Crippen molar-refractivity contribution in [2.24, 2.45) is 0 Å². The number of carbonyl (C=O) groups excluding carboxylic acids is 1. The molecule has 11 heteroatoms. The van der Waals surface area contributed by atoms with Gasteiger partial charge in [0.25, 0.3) is 5.91 Å². The van der Waals surface area contributed by atoms with Crippen molar-refractivity contribution >= 4 is 32.6 Å². The molecule has 3 N–H and O–H groups in total. The number of aromatic nitrogens is 2. The Morgan fingerprint density at radius 2 is 1.88 bits per heavy atom. The molecule has 2 aromatic carbocycles. The van der Waals surface area contributed by atoms with Gasteiger partial charge >= 0.3 is 6.36 Å². The second-order valence-corrected chi connectivity index (χ2v) is 8.33. The molecule has 0 fully saturated rings. The number of thiazole rings is 1. The van der Waals surface area contributed by atoms with Gasteiger partial charge < -0.3 is 20.5 Å². The van der Waals surface area contributed by atoms with E-state index in [1.807, 2.05) is 18.2 Å². The lowest BCUT2D eigenvalue weighted by Crippen LogP contribution is -2.28. The number of rotatable bonds is 6. The number of anilines is 1. The zero-order chi connectivity index (χ0) is 24.5. The molecule has 0 aliphatic rings. The molecule has 1 amide bonds. The van der Waals surface area contributed by atoms with Gasteiger partial charge in [0.15, 0.2) is 5.13 Å². The smallest absolute Gasteiger partial charge is 0.480 e. The standard InChI is InChI=1S/C23H19F3N4O3S/c1-12(14-5-3-4-6-18(14)33-23(24,25)26)28-20(31)15-8-10-16(29-21(15)32-2)13-7-9-17-19(11-13)34-22(27)30-17/h3-12H,1-2H3,(H2,27,30)(H,28,31). The third-order valence-corrected chi connectivity index (χ3v) is 5.81. The van der Waals surface area contributed by atoms with Crippen LogP contribution < -0.4 is 20.5 Å². The number of nitrogens with one attached hydrogen (secondary N) is 1. The number of halogens is 3. The lowest BCUT2D eigenvalue weighted by Gasteiger charge is -2.19. The van der Waals surface area contributed by atoms with Crippen LogP contribution in [0.4, 0.5) is 18.3 Å². The molecule has 0 saturated heterocycles. The normalized spacial score (nSPS) is 12.4. The Morgan fingerprint density at radius 3 is 2.62 bits per heavy atom. The van der Waals surface area contributed by atoms with Gasteiger partial charge in [0.1, 0.15) is 11.3 Å². The largest absolute Gasteiger partial charge is 0.573 e. The summed E-state index contributed by atoms with van der Waals surface area (Å²) >= 11 is 1.35. The average Bonchev–Trinajstić information content (AvgIpc) is 3.17. The predicted molar refractivity (Wildman–Crippen MR) is 123 cm³/mol. The number of nitrogen functional groups attached to an aromatic ring is 1. The maximum atomic E-state index is 12.9. The van der Waals surface area contributed by atoms with E-state index >= 15 is 0 Å². The van der Waals surface area contributed by atoms with Crippen molar-refractivity contribution in [2.75, 3.05) is 12.8 Å². The summed E-state index contributed by atoms with van der Waals surface area (Å²) < 4.78 is 48.5. The highest BCUT2D eigenvalue weighted by Gasteiger charge is 2.32. The third kappa shape index (κ3) is 5.04. The van der Waals surface area contributed by atoms with Crippen LogP contribution in [-0.2, 0) is 0 Å². The molecule has 0 bridgehead atoms. The number of hydrogen-bond acceptors (Lipinski definition) is 7. The fraction of sp³-hybridized carbons (Fsp3) is 0.174. The van der Waals surface area contributed by atoms with E-state index in [9.17, 15) is 18.0 Å². The summed E-state index contributed by atoms with van der Waals surface area (Å²) in [6.07, 6.45) is -4.85. The van der Waals surface area contributed by atoms with Gasteiger partial charge in [0.2, 0.25) is 5.88 Å². The molecular weight excluding hydrogens is 469 g/mol. The van der Waals surface area contributed by atoms with E-state index in [2.05, 4.69) is 20.0 Å². The fourth-order valence-corrected chi connectivity index (χ4v) is 4.21. The van der Waals surface area contributed by atoms with E-state index in [1.165, 1.54) is 36.6 Å².